The van der Waals surface area contributed by atoms with Gasteiger partial charge in [-0.15, -0.1) is 0 Å². The number of nitrogens with one attached hydrogen (secondary N) is 2. The molecule has 0 saturated heterocycles. The number of H-pyrrole nitrogens is 1. The third kappa shape index (κ3) is 5.27. The van der Waals surface area contributed by atoms with E-state index in [2.05, 4.69) is 20.5 Å². The zero-order valence-electron chi connectivity index (χ0n) is 21.3. The fourth-order valence-electron chi connectivity index (χ4n) is 3.93. The van der Waals surface area contributed by atoms with Crippen LogP contribution in [-0.4, -0.2) is 30.2 Å². The first-order valence-electron chi connectivity index (χ1n) is 12.1. The van der Waals surface area contributed by atoms with Crippen molar-refractivity contribution in [1.82, 2.24) is 24.3 Å². The molecule has 0 fully saturated rings. The Kier molecular flexibility index (Phi) is 7.06. The van der Waals surface area contributed by atoms with E-state index in [0.29, 0.717) is 11.4 Å². The van der Waals surface area contributed by atoms with Crippen molar-refractivity contribution in [3.05, 3.63) is 117 Å². The molecule has 3 aromatic heterocycles. The number of pyridine rings is 1. The molecule has 2 aromatic carbocycles. The highest BCUT2D eigenvalue weighted by atomic mass is 19.1. The van der Waals surface area contributed by atoms with E-state index in [1.807, 2.05) is 0 Å². The van der Waals surface area contributed by atoms with Gasteiger partial charge in [0.25, 0.3) is 11.5 Å². The number of benzene rings is 2. The Morgan fingerprint density at radius 2 is 1.82 bits per heavy atom. The average Bonchev–Trinajstić information content (AvgIpc) is 3.47. The maximum absolute atomic E-state index is 14.9. The number of aromatic amines is 1. The van der Waals surface area contributed by atoms with Gasteiger partial charge in [0.15, 0.2) is 11.6 Å². The molecule has 40 heavy (non-hydrogen) atoms. The Hall–Kier alpha value is -5.39. The minimum Gasteiger partial charge on any atom is -0.454 e. The lowest BCUT2D eigenvalue weighted by Gasteiger charge is -2.16. The van der Waals surface area contributed by atoms with Crippen LogP contribution in [-0.2, 0) is 0 Å². The van der Waals surface area contributed by atoms with Gasteiger partial charge in [0.05, 0.1) is 17.6 Å². The van der Waals surface area contributed by atoms with Gasteiger partial charge in [-0.1, -0.05) is 0 Å². The number of aromatic nitrogens is 5. The Balaban J connectivity index is 1.42. The number of ether oxygens (including phenoxy) is 1. The highest BCUT2D eigenvalue weighted by molar-refractivity contribution is 6.03. The van der Waals surface area contributed by atoms with Gasteiger partial charge in [-0.25, -0.2) is 18.1 Å². The zero-order chi connectivity index (χ0) is 28.4. The summed E-state index contributed by atoms with van der Waals surface area (Å²) in [7, 11) is 0. The van der Waals surface area contributed by atoms with Crippen LogP contribution >= 0.6 is 0 Å². The van der Waals surface area contributed by atoms with E-state index in [9.17, 15) is 23.2 Å². The number of carbonyl (C=O) groups excluding carboxylic acids is 1. The first kappa shape index (κ1) is 26.2. The van der Waals surface area contributed by atoms with Crippen molar-refractivity contribution in [1.29, 1.82) is 0 Å². The molecule has 1 amide bonds. The number of halogens is 2. The molecule has 0 aliphatic carbocycles. The molecule has 0 aliphatic heterocycles. The van der Waals surface area contributed by atoms with Crippen LogP contribution in [0.4, 0.5) is 14.5 Å². The maximum atomic E-state index is 14.9. The van der Waals surface area contributed by atoms with Gasteiger partial charge in [-0.2, -0.15) is 5.10 Å². The second kappa shape index (κ2) is 10.8. The molecule has 5 rings (SSSR count). The summed E-state index contributed by atoms with van der Waals surface area (Å²) in [5, 5.41) is 9.06. The van der Waals surface area contributed by atoms with Gasteiger partial charge in [0, 0.05) is 48.0 Å². The summed E-state index contributed by atoms with van der Waals surface area (Å²) in [4.78, 5) is 43.6. The highest BCUT2D eigenvalue weighted by Gasteiger charge is 2.20. The summed E-state index contributed by atoms with van der Waals surface area (Å²) >= 11 is 0. The van der Waals surface area contributed by atoms with Crippen molar-refractivity contribution >= 4 is 11.6 Å². The lowest BCUT2D eigenvalue weighted by atomic mass is 10.2. The van der Waals surface area contributed by atoms with Crippen molar-refractivity contribution in [2.75, 3.05) is 5.32 Å². The molecule has 0 radical (unpaired) electrons. The summed E-state index contributed by atoms with van der Waals surface area (Å²) in [6, 6.07) is 11.3. The third-order valence-electron chi connectivity index (χ3n) is 5.94. The minimum absolute atomic E-state index is 0.0543. The van der Waals surface area contributed by atoms with Crippen molar-refractivity contribution in [2.45, 2.75) is 19.9 Å². The summed E-state index contributed by atoms with van der Waals surface area (Å²) < 4.78 is 36.0. The number of amides is 1. The van der Waals surface area contributed by atoms with Crippen molar-refractivity contribution < 1.29 is 18.3 Å². The molecule has 12 heteroatoms. The van der Waals surface area contributed by atoms with E-state index in [1.165, 1.54) is 35.0 Å². The number of carbonyl (C=O) groups is 1. The van der Waals surface area contributed by atoms with Crippen LogP contribution in [0.2, 0.25) is 0 Å². The molecule has 0 aliphatic rings. The van der Waals surface area contributed by atoms with E-state index >= 15 is 0 Å². The van der Waals surface area contributed by atoms with Gasteiger partial charge in [0.2, 0.25) is 0 Å². The number of hydrogen-bond donors (Lipinski definition) is 2. The monoisotopic (exact) mass is 544 g/mol. The molecule has 0 atom stereocenters. The third-order valence-corrected chi connectivity index (χ3v) is 5.94. The molecular weight excluding hydrogens is 522 g/mol. The summed E-state index contributed by atoms with van der Waals surface area (Å²) in [5.41, 5.74) is -0.503. The fourth-order valence-corrected chi connectivity index (χ4v) is 3.93. The van der Waals surface area contributed by atoms with Gasteiger partial charge < -0.3 is 10.1 Å². The van der Waals surface area contributed by atoms with E-state index < -0.39 is 34.8 Å². The Morgan fingerprint density at radius 1 is 1.05 bits per heavy atom. The maximum Gasteiger partial charge on any atom is 0.335 e. The summed E-state index contributed by atoms with van der Waals surface area (Å²) in [6.45, 7) is 3.41. The summed E-state index contributed by atoms with van der Waals surface area (Å²) in [5.74, 6) is -1.95. The quantitative estimate of drug-likeness (QED) is 0.307. The molecular formula is C28H22F2N6O4. The number of nitrogens with zero attached hydrogens (tertiary/aromatic N) is 4. The molecule has 5 aromatic rings. The lowest BCUT2D eigenvalue weighted by Crippen LogP contribution is -2.42. The zero-order valence-corrected chi connectivity index (χ0v) is 21.3. The van der Waals surface area contributed by atoms with E-state index in [1.54, 1.807) is 38.4 Å². The van der Waals surface area contributed by atoms with Crippen molar-refractivity contribution in [2.24, 2.45) is 0 Å². The summed E-state index contributed by atoms with van der Waals surface area (Å²) in [6.07, 6.45) is 5.91. The van der Waals surface area contributed by atoms with E-state index in [-0.39, 0.29) is 22.7 Å². The Labute approximate surface area is 225 Å². The predicted octanol–water partition coefficient (Wildman–Crippen LogP) is 4.69. The molecule has 0 bridgehead atoms. The topological polar surface area (TPSA) is 124 Å². The second-order valence-corrected chi connectivity index (χ2v) is 9.01. The smallest absolute Gasteiger partial charge is 0.335 e. The molecule has 0 saturated carbocycles. The Morgan fingerprint density at radius 3 is 2.50 bits per heavy atom. The molecule has 202 valence electrons. The van der Waals surface area contributed by atoms with Gasteiger partial charge in [-0.3, -0.25) is 24.2 Å². The second-order valence-electron chi connectivity index (χ2n) is 9.01. The van der Waals surface area contributed by atoms with Gasteiger partial charge >= 0.3 is 5.69 Å². The van der Waals surface area contributed by atoms with Crippen LogP contribution in [0.1, 0.15) is 30.2 Å². The van der Waals surface area contributed by atoms with Crippen LogP contribution in [0.5, 0.6) is 11.5 Å². The van der Waals surface area contributed by atoms with Crippen LogP contribution in [0.15, 0.2) is 89.0 Å². The first-order valence-corrected chi connectivity index (χ1v) is 12.1. The molecule has 3 heterocycles. The average molecular weight is 545 g/mol. The van der Waals surface area contributed by atoms with Crippen LogP contribution < -0.4 is 21.3 Å². The van der Waals surface area contributed by atoms with Gasteiger partial charge in [0.1, 0.15) is 17.1 Å². The van der Waals surface area contributed by atoms with E-state index in [4.69, 9.17) is 4.74 Å². The predicted molar refractivity (Wildman–Crippen MR) is 143 cm³/mol. The Bertz CT molecular complexity index is 1810. The minimum atomic E-state index is -0.905. The molecule has 0 unspecified atom stereocenters. The van der Waals surface area contributed by atoms with Crippen LogP contribution in [0.3, 0.4) is 0 Å². The molecule has 10 nitrogen and oxygen atoms in total. The fraction of sp³-hybridized carbons (Fsp3) is 0.107. The van der Waals surface area contributed by atoms with Crippen LogP contribution in [0, 0.1) is 11.6 Å². The standard InChI is InChI=1S/C28H22F2N6O4/c1-16(2)35-15-22(27(38)36(28(35)39)20-6-3-18(29)4-7-20)26(37)34-19-5-8-25(23(30)11-19)40-21-9-10-31-24(12-21)17-13-32-33-14-17/h3-16H,1-2H3,(H,32,33)(H,34,37). The lowest BCUT2D eigenvalue weighted by molar-refractivity contribution is 0.102. The van der Waals surface area contributed by atoms with E-state index in [0.717, 1.165) is 34.5 Å². The largest absolute Gasteiger partial charge is 0.454 e. The number of rotatable bonds is 7. The van der Waals surface area contributed by atoms with Crippen molar-refractivity contribution in [3.63, 3.8) is 0 Å². The van der Waals surface area contributed by atoms with Crippen LogP contribution in [0.25, 0.3) is 16.9 Å². The van der Waals surface area contributed by atoms with Crippen molar-refractivity contribution in [3.8, 4) is 28.4 Å². The first-order chi connectivity index (χ1) is 19.2. The molecule has 0 spiro atoms. The SMILES string of the molecule is CC(C)n1cc(C(=O)Nc2ccc(Oc3ccnc(-c4cn[nH]c4)c3)c(F)c2)c(=O)n(-c2ccc(F)cc2)c1=O. The normalized spacial score (nSPS) is 11.0. The van der Waals surface area contributed by atoms with Gasteiger partial charge in [-0.05, 0) is 56.3 Å². The number of anilines is 1. The number of hydrogen-bond acceptors (Lipinski definition) is 6. The highest BCUT2D eigenvalue weighted by Crippen LogP contribution is 2.29. The molecule has 2 N–H and O–H groups in total.